The molecule has 5 nitrogen and oxygen atoms in total. The Morgan fingerprint density at radius 2 is 1.72 bits per heavy atom. The predicted octanol–water partition coefficient (Wildman–Crippen LogP) is 4.93. The number of nitrogens with zero attached hydrogens (tertiary/aromatic N) is 3. The van der Waals surface area contributed by atoms with Crippen molar-refractivity contribution in [1.82, 2.24) is 9.80 Å². The fraction of sp³-hybridized carbons (Fsp3) is 0.458. The Balaban J connectivity index is 0.00000245. The van der Waals surface area contributed by atoms with E-state index in [1.54, 1.807) is 23.1 Å². The zero-order chi connectivity index (χ0) is 21.4. The van der Waals surface area contributed by atoms with E-state index in [2.05, 4.69) is 9.80 Å². The Morgan fingerprint density at radius 3 is 2.47 bits per heavy atom. The number of rotatable bonds is 6. The summed E-state index contributed by atoms with van der Waals surface area (Å²) in [4.78, 5) is 18.0. The van der Waals surface area contributed by atoms with Crippen molar-refractivity contribution in [3.63, 3.8) is 0 Å². The van der Waals surface area contributed by atoms with Gasteiger partial charge in [-0.3, -0.25) is 0 Å². The second-order valence-corrected chi connectivity index (χ2v) is 8.62. The number of piperidine rings is 1. The molecule has 3 heterocycles. The Labute approximate surface area is 193 Å². The van der Waals surface area contributed by atoms with Gasteiger partial charge in [0.15, 0.2) is 0 Å². The highest BCUT2D eigenvalue weighted by atomic mass is 35.5. The molecular formula is C24H28ClF2N3O2. The van der Waals surface area contributed by atoms with Gasteiger partial charge in [0.2, 0.25) is 0 Å². The van der Waals surface area contributed by atoms with Crippen LogP contribution in [0.2, 0.25) is 0 Å². The van der Waals surface area contributed by atoms with Crippen molar-refractivity contribution in [2.75, 3.05) is 44.2 Å². The molecule has 8 heteroatoms. The molecule has 3 aliphatic rings. The van der Waals surface area contributed by atoms with Gasteiger partial charge in [0, 0.05) is 43.0 Å². The average molecular weight is 464 g/mol. The Morgan fingerprint density at radius 1 is 0.969 bits per heavy atom. The third-order valence-electron chi connectivity index (χ3n) is 6.74. The molecule has 0 radical (unpaired) electrons. The molecule has 32 heavy (non-hydrogen) atoms. The van der Waals surface area contributed by atoms with Crippen molar-refractivity contribution in [2.45, 2.75) is 31.2 Å². The first-order valence-corrected chi connectivity index (χ1v) is 11.1. The first-order valence-electron chi connectivity index (χ1n) is 11.1. The molecular weight excluding hydrogens is 436 g/mol. The molecule has 0 aromatic heterocycles. The summed E-state index contributed by atoms with van der Waals surface area (Å²) in [7, 11) is 0. The predicted molar refractivity (Wildman–Crippen MR) is 122 cm³/mol. The highest BCUT2D eigenvalue weighted by Gasteiger charge is 2.42. The first-order chi connectivity index (χ1) is 15.1. The number of anilines is 2. The Hall–Kier alpha value is -2.38. The van der Waals surface area contributed by atoms with Gasteiger partial charge in [-0.1, -0.05) is 0 Å². The highest BCUT2D eigenvalue weighted by molar-refractivity contribution is 5.85. The number of ether oxygens (including phenoxy) is 1. The van der Waals surface area contributed by atoms with Gasteiger partial charge in [-0.15, -0.1) is 12.4 Å². The second kappa shape index (κ2) is 9.63. The maximum absolute atomic E-state index is 14.1. The van der Waals surface area contributed by atoms with Crippen molar-refractivity contribution in [3.05, 3.63) is 59.7 Å². The van der Waals surface area contributed by atoms with Gasteiger partial charge >= 0.3 is 6.09 Å². The van der Waals surface area contributed by atoms with E-state index in [0.29, 0.717) is 13.2 Å². The van der Waals surface area contributed by atoms with Gasteiger partial charge in [0.05, 0.1) is 6.54 Å². The number of unbranched alkanes of at least 4 members (excludes halogenated alkanes) is 1. The number of likely N-dealkylation sites (tertiary alicyclic amines) is 1. The SMILES string of the molecule is Cl.O=C1OCCN1CCCCN1CC[C@@H]2[C@@H](C1)c1cc(F)ccc1N2c1ccc(F)cc1. The van der Waals surface area contributed by atoms with E-state index in [4.69, 9.17) is 4.74 Å². The lowest BCUT2D eigenvalue weighted by Gasteiger charge is -2.39. The number of fused-ring (bicyclic) bond motifs is 3. The van der Waals surface area contributed by atoms with Crippen molar-refractivity contribution in [2.24, 2.45) is 0 Å². The lowest BCUT2D eigenvalue weighted by Crippen LogP contribution is -2.45. The third kappa shape index (κ3) is 4.41. The van der Waals surface area contributed by atoms with E-state index in [1.807, 2.05) is 6.07 Å². The first kappa shape index (κ1) is 22.8. The average Bonchev–Trinajstić information content (AvgIpc) is 3.32. The monoisotopic (exact) mass is 463 g/mol. The van der Waals surface area contributed by atoms with E-state index in [9.17, 15) is 13.6 Å². The molecule has 0 unspecified atom stereocenters. The van der Waals surface area contributed by atoms with Crippen LogP contribution in [0.15, 0.2) is 42.5 Å². The molecule has 5 rings (SSSR count). The summed E-state index contributed by atoms with van der Waals surface area (Å²) in [5.74, 6) is -0.248. The van der Waals surface area contributed by atoms with Crippen LogP contribution in [-0.4, -0.2) is 61.3 Å². The number of carbonyl (C=O) groups excluding carboxylic acids is 1. The minimum absolute atomic E-state index is 0. The molecule has 0 bridgehead atoms. The quantitative estimate of drug-likeness (QED) is 0.569. The van der Waals surface area contributed by atoms with Gasteiger partial charge in [0.1, 0.15) is 18.2 Å². The van der Waals surface area contributed by atoms with Crippen molar-refractivity contribution < 1.29 is 18.3 Å². The number of hydrogen-bond acceptors (Lipinski definition) is 4. The molecule has 2 fully saturated rings. The molecule has 2 saturated heterocycles. The minimum atomic E-state index is -0.254. The summed E-state index contributed by atoms with van der Waals surface area (Å²) in [6.07, 6.45) is 2.73. The van der Waals surface area contributed by atoms with E-state index < -0.39 is 0 Å². The van der Waals surface area contributed by atoms with Gasteiger partial charge in [-0.25, -0.2) is 13.6 Å². The van der Waals surface area contributed by atoms with Crippen LogP contribution >= 0.6 is 12.4 Å². The van der Waals surface area contributed by atoms with Crippen LogP contribution in [0.1, 0.15) is 30.7 Å². The number of amides is 1. The Kier molecular flexibility index (Phi) is 6.86. The number of halogens is 3. The Bertz CT molecular complexity index is 959. The molecule has 2 aromatic carbocycles. The number of hydrogen-bond donors (Lipinski definition) is 0. The van der Waals surface area contributed by atoms with Crippen LogP contribution in [0, 0.1) is 11.6 Å². The molecule has 3 aliphatic heterocycles. The van der Waals surface area contributed by atoms with E-state index in [1.165, 1.54) is 18.2 Å². The van der Waals surface area contributed by atoms with Crippen LogP contribution in [-0.2, 0) is 4.74 Å². The second-order valence-electron chi connectivity index (χ2n) is 8.62. The van der Waals surface area contributed by atoms with E-state index >= 15 is 0 Å². The summed E-state index contributed by atoms with van der Waals surface area (Å²) in [5, 5.41) is 0. The van der Waals surface area contributed by atoms with Gasteiger partial charge < -0.3 is 19.4 Å². The lowest BCUT2D eigenvalue weighted by atomic mass is 9.89. The van der Waals surface area contributed by atoms with Crippen molar-refractivity contribution in [1.29, 1.82) is 0 Å². The van der Waals surface area contributed by atoms with Crippen molar-refractivity contribution in [3.8, 4) is 0 Å². The summed E-state index contributed by atoms with van der Waals surface area (Å²) in [6.45, 7) is 4.74. The van der Waals surface area contributed by atoms with Crippen LogP contribution in [0.25, 0.3) is 0 Å². The third-order valence-corrected chi connectivity index (χ3v) is 6.74. The van der Waals surface area contributed by atoms with E-state index in [-0.39, 0.29) is 42.1 Å². The topological polar surface area (TPSA) is 36.0 Å². The smallest absolute Gasteiger partial charge is 0.409 e. The number of benzene rings is 2. The van der Waals surface area contributed by atoms with Crippen LogP contribution in [0.3, 0.4) is 0 Å². The molecule has 2 atom stereocenters. The lowest BCUT2D eigenvalue weighted by molar-refractivity contribution is 0.156. The summed E-state index contributed by atoms with van der Waals surface area (Å²) in [6, 6.07) is 11.9. The molecule has 0 N–H and O–H groups in total. The summed E-state index contributed by atoms with van der Waals surface area (Å²) < 4.78 is 32.6. The van der Waals surface area contributed by atoms with Gasteiger partial charge in [-0.2, -0.15) is 0 Å². The molecule has 0 spiro atoms. The van der Waals surface area contributed by atoms with Crippen LogP contribution in [0.4, 0.5) is 25.0 Å². The highest BCUT2D eigenvalue weighted by Crippen LogP contribution is 2.48. The zero-order valence-electron chi connectivity index (χ0n) is 17.9. The summed E-state index contributed by atoms with van der Waals surface area (Å²) >= 11 is 0. The van der Waals surface area contributed by atoms with E-state index in [0.717, 1.165) is 62.4 Å². The van der Waals surface area contributed by atoms with Crippen LogP contribution < -0.4 is 4.90 Å². The van der Waals surface area contributed by atoms with Crippen molar-refractivity contribution >= 4 is 29.9 Å². The number of cyclic esters (lactones) is 1. The largest absolute Gasteiger partial charge is 0.448 e. The molecule has 2 aromatic rings. The maximum atomic E-state index is 14.1. The fourth-order valence-corrected chi connectivity index (χ4v) is 5.24. The zero-order valence-corrected chi connectivity index (χ0v) is 18.7. The molecule has 0 saturated carbocycles. The molecule has 172 valence electrons. The number of carbonyl (C=O) groups is 1. The maximum Gasteiger partial charge on any atom is 0.409 e. The normalized spacial score (nSPS) is 22.4. The fourth-order valence-electron chi connectivity index (χ4n) is 5.24. The molecule has 1 amide bonds. The standard InChI is InChI=1S/C24H27F2N3O2.ClH/c25-17-3-6-19(7-4-17)29-22-8-5-18(26)15-20(22)21-16-27(12-9-23(21)29)10-1-2-11-28-13-14-31-24(28)30;/h3-8,15,21,23H,1-2,9-14,16H2;1H/t21-,23+;/m0./s1. The minimum Gasteiger partial charge on any atom is -0.448 e. The van der Waals surface area contributed by atoms with Gasteiger partial charge in [-0.05, 0) is 73.8 Å². The van der Waals surface area contributed by atoms with Gasteiger partial charge in [0.25, 0.3) is 0 Å². The summed E-state index contributed by atoms with van der Waals surface area (Å²) in [5.41, 5.74) is 3.02. The molecule has 0 aliphatic carbocycles. The van der Waals surface area contributed by atoms with Crippen LogP contribution in [0.5, 0.6) is 0 Å².